The quantitative estimate of drug-likeness (QED) is 0.0265. The van der Waals surface area contributed by atoms with Crippen LogP contribution in [0.5, 0.6) is 0 Å². The summed E-state index contributed by atoms with van der Waals surface area (Å²) in [7, 11) is -12.0. The van der Waals surface area contributed by atoms with Crippen molar-refractivity contribution >= 4 is 54.0 Å². The van der Waals surface area contributed by atoms with Gasteiger partial charge in [0.15, 0.2) is 49.6 Å². The van der Waals surface area contributed by atoms with Crippen LogP contribution in [0.4, 0.5) is 26.3 Å². The molecule has 16 rings (SSSR count). The number of carbonyl (C=O) groups is 2. The number of halogens is 6. The minimum absolute atomic E-state index is 0.0497. The number of carbonyl (C=O) groups excluding carboxylic acids is 2. The molecule has 20 heteroatoms. The number of hydrogen-bond donors (Lipinski definition) is 0. The highest BCUT2D eigenvalue weighted by Crippen LogP contribution is 2.57. The number of alkyl halides is 4. The molecule has 0 fully saturated rings. The first-order chi connectivity index (χ1) is 48.7. The van der Waals surface area contributed by atoms with Crippen molar-refractivity contribution in [2.45, 2.75) is 128 Å². The fourth-order valence-corrected chi connectivity index (χ4v) is 18.9. The van der Waals surface area contributed by atoms with Gasteiger partial charge in [-0.15, -0.1) is 0 Å². The van der Waals surface area contributed by atoms with E-state index < -0.39 is 103 Å². The molecule has 4 bridgehead atoms. The molecule has 0 aliphatic heterocycles. The van der Waals surface area contributed by atoms with Crippen molar-refractivity contribution in [2.24, 2.45) is 11.8 Å². The number of rotatable bonds is 18. The lowest BCUT2D eigenvalue weighted by atomic mass is 9.59. The third kappa shape index (κ3) is 17.0. The largest absolute Gasteiger partial charge is 0.743 e. The van der Waals surface area contributed by atoms with E-state index in [0.29, 0.717) is 17.7 Å². The minimum Gasteiger partial charge on any atom is -0.743 e. The molecule has 0 N–H and O–H groups in total. The third-order valence-electron chi connectivity index (χ3n) is 18.6. The Balaban J connectivity index is 0.000000138. The van der Waals surface area contributed by atoms with Crippen LogP contribution in [0, 0.1) is 23.5 Å². The average molecular weight is 1460 g/mol. The Hall–Kier alpha value is -8.76. The third-order valence-corrected chi connectivity index (χ3v) is 24.9. The molecular formula is C82H74F6O10S4. The second-order valence-corrected chi connectivity index (χ2v) is 33.3. The standard InChI is InChI=1S/C22H23S.2C21H20F2O5S.C18H13F2S/c1-22(2,3)18-14-16-21(17-15-18)23(19-10-6-4-7-11-19)20-12-8-5-9-13-20;2*22-21(23,29(25,26)27)10-5-11-28-20(24)18-12-17-13-6-1-3-8-15(13)19(18)16-9-4-2-7-14(16)17;19-14-11-15(20)13-18(12-14)21(16-7-3-1-4-8-16)17-9-5-2-6-10-17/h4-17H,1-3H3;2*1-4,6-9,17-19H,5,10-12H2,(H,25,26,27);1-13H/q+1;;;+1/p-2. The normalized spacial score (nSPS) is 17.7. The Morgan fingerprint density at radius 3 is 0.941 bits per heavy atom. The first-order valence-electron chi connectivity index (χ1n) is 33.3. The molecule has 528 valence electrons. The zero-order valence-electron chi connectivity index (χ0n) is 55.9. The number of esters is 2. The predicted octanol–water partition coefficient (Wildman–Crippen LogP) is 18.6. The monoisotopic (exact) mass is 1460 g/mol. The smallest absolute Gasteiger partial charge is 0.334 e. The van der Waals surface area contributed by atoms with Gasteiger partial charge in [0.2, 0.25) is 0 Å². The van der Waals surface area contributed by atoms with Gasteiger partial charge in [-0.05, 0) is 142 Å². The van der Waals surface area contributed by atoms with Crippen molar-refractivity contribution in [3.63, 3.8) is 0 Å². The molecule has 0 spiro atoms. The molecule has 10 aromatic carbocycles. The van der Waals surface area contributed by atoms with Gasteiger partial charge in [-0.1, -0.05) is 203 Å². The van der Waals surface area contributed by atoms with Crippen LogP contribution >= 0.6 is 0 Å². The molecular weight excluding hydrogens is 1390 g/mol. The summed E-state index contributed by atoms with van der Waals surface area (Å²) < 4.78 is 154. The van der Waals surface area contributed by atoms with Crippen molar-refractivity contribution in [1.29, 1.82) is 0 Å². The second-order valence-electron chi connectivity index (χ2n) is 26.2. The summed E-state index contributed by atoms with van der Waals surface area (Å²) in [4.78, 5) is 32.3. The highest BCUT2D eigenvalue weighted by molar-refractivity contribution is 7.97. The van der Waals surface area contributed by atoms with E-state index in [2.05, 4.69) is 130 Å². The van der Waals surface area contributed by atoms with E-state index in [1.807, 2.05) is 133 Å². The molecule has 6 aliphatic carbocycles. The fraction of sp³-hybridized carbons (Fsp3) is 0.244. The van der Waals surface area contributed by atoms with Crippen LogP contribution < -0.4 is 0 Å². The predicted molar refractivity (Wildman–Crippen MR) is 381 cm³/mol. The van der Waals surface area contributed by atoms with E-state index in [9.17, 15) is 61.9 Å². The van der Waals surface area contributed by atoms with Crippen molar-refractivity contribution in [3.05, 3.63) is 323 Å². The average Bonchev–Trinajstić information content (AvgIpc) is 0.726. The molecule has 0 amide bonds. The maximum Gasteiger partial charge on any atom is 0.334 e. The van der Waals surface area contributed by atoms with Gasteiger partial charge >= 0.3 is 22.4 Å². The van der Waals surface area contributed by atoms with E-state index in [1.165, 1.54) is 54.6 Å². The number of fused-ring (bicyclic) bond motifs is 2. The van der Waals surface area contributed by atoms with Gasteiger partial charge in [-0.25, -0.2) is 25.6 Å². The molecule has 2 atom stereocenters. The van der Waals surface area contributed by atoms with Gasteiger partial charge in [-0.3, -0.25) is 9.59 Å². The molecule has 2 unspecified atom stereocenters. The Bertz CT molecular complexity index is 4420. The van der Waals surface area contributed by atoms with Gasteiger partial charge < -0.3 is 18.6 Å². The molecule has 102 heavy (non-hydrogen) atoms. The summed E-state index contributed by atoms with van der Waals surface area (Å²) in [5, 5.41) is -8.72. The lowest BCUT2D eigenvalue weighted by Crippen LogP contribution is -2.37. The number of hydrogen-bond acceptors (Lipinski definition) is 10. The molecule has 0 heterocycles. The molecule has 10 nitrogen and oxygen atoms in total. The van der Waals surface area contributed by atoms with E-state index >= 15 is 0 Å². The highest BCUT2D eigenvalue weighted by Gasteiger charge is 2.49. The van der Waals surface area contributed by atoms with E-state index in [-0.39, 0.29) is 53.2 Å². The van der Waals surface area contributed by atoms with E-state index in [1.54, 1.807) is 0 Å². The topological polar surface area (TPSA) is 167 Å². The van der Waals surface area contributed by atoms with Gasteiger partial charge in [0.1, 0.15) is 11.6 Å². The Morgan fingerprint density at radius 1 is 0.392 bits per heavy atom. The molecule has 0 saturated carbocycles. The fourth-order valence-electron chi connectivity index (χ4n) is 13.9. The summed E-state index contributed by atoms with van der Waals surface area (Å²) in [6, 6.07) is 85.9. The van der Waals surface area contributed by atoms with Crippen molar-refractivity contribution < 1.29 is 71.3 Å². The first-order valence-corrected chi connectivity index (χ1v) is 38.6. The lowest BCUT2D eigenvalue weighted by Gasteiger charge is -2.44. The maximum atomic E-state index is 13.6. The molecule has 0 aromatic heterocycles. The summed E-state index contributed by atoms with van der Waals surface area (Å²) in [5.41, 5.74) is 10.7. The van der Waals surface area contributed by atoms with Gasteiger partial charge in [0.25, 0.3) is 0 Å². The van der Waals surface area contributed by atoms with Crippen LogP contribution in [0.1, 0.15) is 133 Å². The number of ether oxygens (including phenoxy) is 2. The molecule has 0 radical (unpaired) electrons. The zero-order valence-corrected chi connectivity index (χ0v) is 59.2. The van der Waals surface area contributed by atoms with E-state index in [4.69, 9.17) is 9.47 Å². The Morgan fingerprint density at radius 2 is 0.657 bits per heavy atom. The van der Waals surface area contributed by atoms with Crippen LogP contribution in [0.25, 0.3) is 0 Å². The van der Waals surface area contributed by atoms with Crippen LogP contribution in [0.2, 0.25) is 0 Å². The number of benzene rings is 10. The van der Waals surface area contributed by atoms with Gasteiger partial charge in [-0.2, -0.15) is 17.6 Å². The zero-order chi connectivity index (χ0) is 72.6. The molecule has 6 aliphatic rings. The maximum absolute atomic E-state index is 13.6. The second kappa shape index (κ2) is 31.9. The minimum atomic E-state index is -5.72. The Labute approximate surface area is 597 Å². The summed E-state index contributed by atoms with van der Waals surface area (Å²) in [6.45, 7) is 6.06. The van der Waals surface area contributed by atoms with Crippen LogP contribution in [0.15, 0.2) is 290 Å². The van der Waals surface area contributed by atoms with E-state index in [0.717, 1.165) is 38.1 Å². The SMILES string of the molecule is CC(C)(C)c1ccc([S+](c2ccccc2)c2ccccc2)cc1.Fc1cc(F)cc([S+](c2ccccc2)c2ccccc2)c1.O=C(OCCCC(F)(F)S(=O)(=O)[O-])C1CC2c3ccccc3C1c1ccccc12.O=C(OCCCC(F)(F)S(=O)(=O)[O-])C1CC2c3ccccc3C1c1ccccc12. The van der Waals surface area contributed by atoms with Crippen molar-refractivity contribution in [3.8, 4) is 0 Å². The summed E-state index contributed by atoms with van der Waals surface area (Å²) >= 11 is 0. The summed E-state index contributed by atoms with van der Waals surface area (Å²) in [5.74, 6) is -3.13. The van der Waals surface area contributed by atoms with Crippen LogP contribution in [0.3, 0.4) is 0 Å². The van der Waals surface area contributed by atoms with Gasteiger partial charge in [0, 0.05) is 54.7 Å². The summed E-state index contributed by atoms with van der Waals surface area (Å²) in [6.07, 6.45) is -2.02. The Kier molecular flexibility index (Phi) is 23.3. The molecule has 0 saturated heterocycles. The van der Waals surface area contributed by atoms with Crippen molar-refractivity contribution in [1.82, 2.24) is 0 Å². The lowest BCUT2D eigenvalue weighted by molar-refractivity contribution is -0.151. The van der Waals surface area contributed by atoms with Crippen LogP contribution in [-0.4, -0.2) is 61.6 Å². The van der Waals surface area contributed by atoms with Crippen LogP contribution in [-0.2, 0) is 66.5 Å². The molecule has 10 aromatic rings. The first kappa shape index (κ1) is 74.4. The highest BCUT2D eigenvalue weighted by atomic mass is 32.2. The van der Waals surface area contributed by atoms with Gasteiger partial charge in [0.05, 0.1) is 46.8 Å². The van der Waals surface area contributed by atoms with Crippen molar-refractivity contribution in [2.75, 3.05) is 13.2 Å².